The Bertz CT molecular complexity index is 1310. The molecule has 7 aliphatic rings. The van der Waals surface area contributed by atoms with E-state index in [1.54, 1.807) is 34.6 Å². The standard InChI is InChI=1S/C31H42O11/c1-7-28(36)10-9-17-18(12-20(33)29-13-16(40-42-29)11-19(32)26(17,29)5)30(37)23(34)22-25(4)14-21(39-24(35)15(25)3)27(6,38-8-2)31(22,28)41-30/h11,15,17-18,20-22,33,36-37H,7-10,12-14H2,1-6H3/t15-,17?,18?,20-,21?,22?,25+,26-,27-,28-,29-,30+,31-/m0/s1. The molecule has 4 aliphatic heterocycles. The number of aliphatic hydroxyl groups is 3. The van der Waals surface area contributed by atoms with Crippen LogP contribution in [0.4, 0.5) is 0 Å². The maximum Gasteiger partial charge on any atom is 0.309 e. The van der Waals surface area contributed by atoms with Crippen LogP contribution in [0.25, 0.3) is 0 Å². The molecule has 2 spiro atoms. The van der Waals surface area contributed by atoms with Crippen LogP contribution in [0.2, 0.25) is 0 Å². The summed E-state index contributed by atoms with van der Waals surface area (Å²) >= 11 is 0. The van der Waals surface area contributed by atoms with E-state index >= 15 is 4.79 Å². The average Bonchev–Trinajstić information content (AvgIpc) is 3.45. The minimum absolute atomic E-state index is 0.101. The van der Waals surface area contributed by atoms with Gasteiger partial charge in [0.05, 0.1) is 29.0 Å². The normalized spacial score (nSPS) is 57.6. The van der Waals surface area contributed by atoms with Crippen molar-refractivity contribution >= 4 is 17.5 Å². The van der Waals surface area contributed by atoms with Crippen molar-refractivity contribution in [3.63, 3.8) is 0 Å². The van der Waals surface area contributed by atoms with Gasteiger partial charge in [0.15, 0.2) is 17.2 Å². The number of ether oxygens (including phenoxy) is 3. The first-order valence-electron chi connectivity index (χ1n) is 15.4. The van der Waals surface area contributed by atoms with Crippen molar-refractivity contribution in [2.75, 3.05) is 6.61 Å². The molecule has 3 aliphatic carbocycles. The lowest BCUT2D eigenvalue weighted by Gasteiger charge is -2.67. The van der Waals surface area contributed by atoms with Gasteiger partial charge in [0.2, 0.25) is 5.79 Å². The van der Waals surface area contributed by atoms with Gasteiger partial charge in [-0.1, -0.05) is 20.8 Å². The number of allylic oxidation sites excluding steroid dienone is 1. The minimum Gasteiger partial charge on any atom is -0.459 e. The monoisotopic (exact) mass is 590 g/mol. The Morgan fingerprint density at radius 1 is 1.10 bits per heavy atom. The lowest BCUT2D eigenvalue weighted by molar-refractivity contribution is -0.401. The van der Waals surface area contributed by atoms with Crippen LogP contribution in [0.3, 0.4) is 0 Å². The van der Waals surface area contributed by atoms with Gasteiger partial charge in [0.1, 0.15) is 23.1 Å². The fraction of sp³-hybridized carbons (Fsp3) is 0.839. The van der Waals surface area contributed by atoms with Crippen LogP contribution in [-0.4, -0.2) is 79.9 Å². The summed E-state index contributed by atoms with van der Waals surface area (Å²) in [6.45, 7) is 10.7. The van der Waals surface area contributed by atoms with Gasteiger partial charge in [-0.05, 0) is 64.2 Å². The molecule has 0 radical (unpaired) electrons. The Morgan fingerprint density at radius 2 is 1.81 bits per heavy atom. The topological polar surface area (TPSA) is 158 Å². The molecule has 0 aromatic rings. The van der Waals surface area contributed by atoms with Gasteiger partial charge >= 0.3 is 5.97 Å². The minimum atomic E-state index is -2.50. The van der Waals surface area contributed by atoms with E-state index in [0.29, 0.717) is 5.76 Å². The van der Waals surface area contributed by atoms with Crippen molar-refractivity contribution < 1.29 is 53.7 Å². The number of rotatable bonds is 3. The largest absolute Gasteiger partial charge is 0.459 e. The summed E-state index contributed by atoms with van der Waals surface area (Å²) < 4.78 is 19.2. The lowest BCUT2D eigenvalue weighted by atomic mass is 9.45. The summed E-state index contributed by atoms with van der Waals surface area (Å²) in [4.78, 5) is 53.3. The summed E-state index contributed by atoms with van der Waals surface area (Å²) in [6, 6.07) is 0. The first-order chi connectivity index (χ1) is 19.6. The van der Waals surface area contributed by atoms with E-state index in [0.717, 1.165) is 0 Å². The van der Waals surface area contributed by atoms with Crippen LogP contribution in [-0.2, 0) is 38.4 Å². The zero-order valence-electron chi connectivity index (χ0n) is 25.1. The number of fused-ring (bicyclic) bond motifs is 8. The Kier molecular flexibility index (Phi) is 5.65. The number of carbonyl (C=O) groups excluding carboxylic acids is 3. The molecule has 0 aromatic heterocycles. The first kappa shape index (κ1) is 28.9. The summed E-state index contributed by atoms with van der Waals surface area (Å²) in [5, 5.41) is 37.3. The maximum absolute atomic E-state index is 15.0. The molecule has 4 heterocycles. The molecule has 13 atom stereocenters. The van der Waals surface area contributed by atoms with E-state index < -0.39 is 86.7 Å². The highest BCUT2D eigenvalue weighted by atomic mass is 17.2. The van der Waals surface area contributed by atoms with Crippen LogP contribution in [0.1, 0.15) is 80.1 Å². The number of ketones is 2. The van der Waals surface area contributed by atoms with Gasteiger partial charge in [-0.15, -0.1) is 0 Å². The number of hydrogen-bond acceptors (Lipinski definition) is 11. The molecule has 7 rings (SSSR count). The molecule has 11 nitrogen and oxygen atoms in total. The number of hydrogen-bond donors (Lipinski definition) is 3. The zero-order valence-corrected chi connectivity index (χ0v) is 25.1. The smallest absolute Gasteiger partial charge is 0.309 e. The number of esters is 1. The summed E-state index contributed by atoms with van der Waals surface area (Å²) in [5.41, 5.74) is -8.87. The van der Waals surface area contributed by atoms with E-state index in [4.69, 9.17) is 24.0 Å². The Hall–Kier alpha value is -1.89. The number of aliphatic hydroxyl groups excluding tert-OH is 1. The van der Waals surface area contributed by atoms with E-state index in [2.05, 4.69) is 0 Å². The molecule has 11 heteroatoms. The highest BCUT2D eigenvalue weighted by Gasteiger charge is 2.87. The van der Waals surface area contributed by atoms with E-state index in [9.17, 15) is 24.9 Å². The van der Waals surface area contributed by atoms with E-state index in [-0.39, 0.29) is 50.9 Å². The highest BCUT2D eigenvalue weighted by molar-refractivity contribution is 5.99. The molecular weight excluding hydrogens is 548 g/mol. The average molecular weight is 591 g/mol. The van der Waals surface area contributed by atoms with Crippen LogP contribution in [0, 0.1) is 34.5 Å². The van der Waals surface area contributed by atoms with Gasteiger partial charge in [-0.3, -0.25) is 14.4 Å². The fourth-order valence-electron chi connectivity index (χ4n) is 10.8. The van der Waals surface area contributed by atoms with Crippen LogP contribution in [0.15, 0.2) is 11.8 Å². The quantitative estimate of drug-likeness (QED) is 0.326. The van der Waals surface area contributed by atoms with Crippen molar-refractivity contribution in [2.24, 2.45) is 34.5 Å². The third kappa shape index (κ3) is 2.75. The zero-order chi connectivity index (χ0) is 30.5. The van der Waals surface area contributed by atoms with Crippen LogP contribution < -0.4 is 0 Å². The second kappa shape index (κ2) is 8.22. The molecule has 2 saturated carbocycles. The molecule has 42 heavy (non-hydrogen) atoms. The van der Waals surface area contributed by atoms with Crippen molar-refractivity contribution in [1.82, 2.24) is 0 Å². The SMILES string of the molecule is CCO[C@@]1(C)C2C[C@@](C)(C3C(=O)[C@]4(O)O[C@@]31[C@](O)(CC)CCC1C4C[C@H](O)[C@@]34CC(=CC(=O)[C@]13C)OO4)[C@@H](C)C(=O)O2. The first-order valence-corrected chi connectivity index (χ1v) is 15.4. The third-order valence-corrected chi connectivity index (χ3v) is 13.3. The van der Waals surface area contributed by atoms with Crippen molar-refractivity contribution in [1.29, 1.82) is 0 Å². The predicted octanol–water partition coefficient (Wildman–Crippen LogP) is 1.89. The molecule has 4 unspecified atom stereocenters. The van der Waals surface area contributed by atoms with Crippen molar-refractivity contribution in [3.05, 3.63) is 11.8 Å². The van der Waals surface area contributed by atoms with Gasteiger partial charge in [0.25, 0.3) is 0 Å². The van der Waals surface area contributed by atoms with E-state index in [1.807, 2.05) is 6.92 Å². The van der Waals surface area contributed by atoms with Gasteiger partial charge in [-0.25, -0.2) is 0 Å². The molecule has 3 N–H and O–H groups in total. The van der Waals surface area contributed by atoms with Crippen LogP contribution >= 0.6 is 0 Å². The summed E-state index contributed by atoms with van der Waals surface area (Å²) in [5.74, 6) is -7.26. The highest BCUT2D eigenvalue weighted by Crippen LogP contribution is 2.73. The van der Waals surface area contributed by atoms with Crippen molar-refractivity contribution in [3.8, 4) is 0 Å². The van der Waals surface area contributed by atoms with Crippen molar-refractivity contribution in [2.45, 2.75) is 120 Å². The molecule has 0 amide bonds. The maximum atomic E-state index is 15.0. The van der Waals surface area contributed by atoms with Gasteiger partial charge < -0.3 is 34.4 Å². The molecule has 232 valence electrons. The molecule has 6 bridgehead atoms. The van der Waals surface area contributed by atoms with Crippen LogP contribution in [0.5, 0.6) is 0 Å². The predicted molar refractivity (Wildman–Crippen MR) is 142 cm³/mol. The molecular formula is C31H42O11. The molecule has 4 saturated heterocycles. The van der Waals surface area contributed by atoms with Gasteiger partial charge in [-0.2, -0.15) is 4.89 Å². The number of Topliss-reactive ketones (excluding diaryl/α,β-unsaturated/α-hetero) is 1. The number of carbonyl (C=O) groups is 3. The lowest BCUT2D eigenvalue weighted by Crippen LogP contribution is -2.81. The Morgan fingerprint density at radius 3 is 2.48 bits per heavy atom. The second-order valence-electron chi connectivity index (χ2n) is 14.5. The fourth-order valence-corrected chi connectivity index (χ4v) is 10.8. The van der Waals surface area contributed by atoms with E-state index in [1.165, 1.54) is 6.08 Å². The Balaban J connectivity index is 1.49. The summed E-state index contributed by atoms with van der Waals surface area (Å²) in [6.07, 6.45) is 0.0788. The second-order valence-corrected chi connectivity index (χ2v) is 14.5. The molecule has 6 fully saturated rings. The Labute approximate surface area is 244 Å². The van der Waals surface area contributed by atoms with Gasteiger partial charge in [0, 0.05) is 25.0 Å². The summed E-state index contributed by atoms with van der Waals surface area (Å²) in [7, 11) is 0. The molecule has 0 aromatic carbocycles. The third-order valence-electron chi connectivity index (χ3n) is 13.3.